The van der Waals surface area contributed by atoms with Crippen LogP contribution in [0.15, 0.2) is 5.16 Å². The molecule has 2 N–H and O–H groups in total. The molecule has 1 aromatic rings. The predicted molar refractivity (Wildman–Crippen MR) is 93.1 cm³/mol. The molecule has 1 spiro atoms. The Morgan fingerprint density at radius 3 is 2.69 bits per heavy atom. The van der Waals surface area contributed by atoms with Crippen molar-refractivity contribution in [2.75, 3.05) is 5.75 Å². The first-order chi connectivity index (χ1) is 12.5. The zero-order valence-electron chi connectivity index (χ0n) is 14.7. The van der Waals surface area contributed by atoms with E-state index in [4.69, 9.17) is 0 Å². The standard InChI is InChI=1S/C16H22N6O3S/c1-10-18-19-15(21(10)11-5-6-11)26-9-12(23)20-22-13(24)16(17-14(22)25)7-3-2-4-8-16/h11H,2-9H2,1H3,(H,17,25)(H,20,23). The highest BCUT2D eigenvalue weighted by molar-refractivity contribution is 7.99. The summed E-state index contributed by atoms with van der Waals surface area (Å²) >= 11 is 1.26. The third-order valence-electron chi connectivity index (χ3n) is 5.18. The Labute approximate surface area is 155 Å². The molecular weight excluding hydrogens is 356 g/mol. The highest BCUT2D eigenvalue weighted by Crippen LogP contribution is 2.38. The van der Waals surface area contributed by atoms with Crippen LogP contribution in [0.3, 0.4) is 0 Å². The molecule has 10 heteroatoms. The van der Waals surface area contributed by atoms with Crippen molar-refractivity contribution >= 4 is 29.6 Å². The summed E-state index contributed by atoms with van der Waals surface area (Å²) in [6.45, 7) is 1.90. The van der Waals surface area contributed by atoms with Crippen molar-refractivity contribution in [3.63, 3.8) is 0 Å². The topological polar surface area (TPSA) is 109 Å². The number of aryl methyl sites for hydroxylation is 1. The van der Waals surface area contributed by atoms with E-state index in [0.717, 1.165) is 42.9 Å². The molecule has 3 aliphatic rings. The maximum absolute atomic E-state index is 12.7. The van der Waals surface area contributed by atoms with Gasteiger partial charge in [-0.05, 0) is 32.6 Å². The molecule has 0 atom stereocenters. The number of carbonyl (C=O) groups excluding carboxylic acids is 3. The summed E-state index contributed by atoms with van der Waals surface area (Å²) in [5, 5.41) is 12.5. The van der Waals surface area contributed by atoms with Gasteiger partial charge in [0.15, 0.2) is 5.16 Å². The van der Waals surface area contributed by atoms with E-state index in [1.54, 1.807) is 0 Å². The molecular formula is C16H22N6O3S. The van der Waals surface area contributed by atoms with Gasteiger partial charge in [-0.1, -0.05) is 31.0 Å². The number of urea groups is 1. The van der Waals surface area contributed by atoms with Crippen molar-refractivity contribution in [2.45, 2.75) is 68.6 Å². The normalized spacial score (nSPS) is 22.0. The van der Waals surface area contributed by atoms with Gasteiger partial charge in [-0.2, -0.15) is 5.01 Å². The molecule has 0 unspecified atom stereocenters. The van der Waals surface area contributed by atoms with Crippen LogP contribution in [0.1, 0.15) is 56.8 Å². The van der Waals surface area contributed by atoms with Gasteiger partial charge in [0, 0.05) is 6.04 Å². The first-order valence-corrected chi connectivity index (χ1v) is 9.99. The monoisotopic (exact) mass is 378 g/mol. The second-order valence-corrected chi connectivity index (χ2v) is 8.11. The Balaban J connectivity index is 1.36. The first kappa shape index (κ1) is 17.3. The maximum Gasteiger partial charge on any atom is 0.344 e. The van der Waals surface area contributed by atoms with Crippen molar-refractivity contribution in [1.29, 1.82) is 0 Å². The smallest absolute Gasteiger partial charge is 0.322 e. The van der Waals surface area contributed by atoms with E-state index in [-0.39, 0.29) is 11.7 Å². The van der Waals surface area contributed by atoms with Crippen LogP contribution in [0.25, 0.3) is 0 Å². The quantitative estimate of drug-likeness (QED) is 0.590. The number of imide groups is 1. The van der Waals surface area contributed by atoms with E-state index in [0.29, 0.717) is 24.0 Å². The fourth-order valence-electron chi connectivity index (χ4n) is 3.70. The van der Waals surface area contributed by atoms with Crippen LogP contribution >= 0.6 is 11.8 Å². The lowest BCUT2D eigenvalue weighted by Crippen LogP contribution is -2.51. The van der Waals surface area contributed by atoms with Crippen molar-refractivity contribution in [3.8, 4) is 0 Å². The number of nitrogens with zero attached hydrogens (tertiary/aromatic N) is 4. The minimum Gasteiger partial charge on any atom is -0.322 e. The molecule has 2 heterocycles. The zero-order chi connectivity index (χ0) is 18.3. The summed E-state index contributed by atoms with van der Waals surface area (Å²) in [5.41, 5.74) is 1.61. The van der Waals surface area contributed by atoms with Gasteiger partial charge in [0.25, 0.3) is 5.91 Å². The number of hydrogen-bond acceptors (Lipinski definition) is 6. The molecule has 1 aromatic heterocycles. The molecule has 4 rings (SSSR count). The zero-order valence-corrected chi connectivity index (χ0v) is 15.5. The SMILES string of the molecule is Cc1nnc(SCC(=O)NN2C(=O)NC3(CCCCC3)C2=O)n1C1CC1. The molecule has 1 saturated heterocycles. The molecule has 140 valence electrons. The van der Waals surface area contributed by atoms with Crippen LogP contribution in [-0.2, 0) is 9.59 Å². The van der Waals surface area contributed by atoms with Crippen LogP contribution in [0.4, 0.5) is 4.79 Å². The van der Waals surface area contributed by atoms with Gasteiger partial charge in [-0.25, -0.2) is 4.79 Å². The number of aromatic nitrogens is 3. The van der Waals surface area contributed by atoms with Crippen molar-refractivity contribution in [1.82, 2.24) is 30.5 Å². The molecule has 2 saturated carbocycles. The van der Waals surface area contributed by atoms with Crippen molar-refractivity contribution < 1.29 is 14.4 Å². The largest absolute Gasteiger partial charge is 0.344 e. The number of hydrazine groups is 1. The van der Waals surface area contributed by atoms with Crippen LogP contribution in [0.2, 0.25) is 0 Å². The minimum atomic E-state index is -0.834. The number of rotatable bonds is 5. The lowest BCUT2D eigenvalue weighted by molar-refractivity contribution is -0.139. The van der Waals surface area contributed by atoms with E-state index in [9.17, 15) is 14.4 Å². The summed E-state index contributed by atoms with van der Waals surface area (Å²) in [6.07, 6.45) is 6.33. The highest BCUT2D eigenvalue weighted by atomic mass is 32.2. The van der Waals surface area contributed by atoms with Gasteiger partial charge in [0.2, 0.25) is 5.91 Å². The first-order valence-electron chi connectivity index (χ1n) is 9.01. The second-order valence-electron chi connectivity index (χ2n) is 7.17. The van der Waals surface area contributed by atoms with E-state index in [1.165, 1.54) is 11.8 Å². The summed E-state index contributed by atoms with van der Waals surface area (Å²) in [7, 11) is 0. The van der Waals surface area contributed by atoms with Gasteiger partial charge in [-0.15, -0.1) is 10.2 Å². The summed E-state index contributed by atoms with van der Waals surface area (Å²) in [6, 6.07) is -0.125. The van der Waals surface area contributed by atoms with E-state index in [1.807, 2.05) is 11.5 Å². The fraction of sp³-hybridized carbons (Fsp3) is 0.688. The van der Waals surface area contributed by atoms with Crippen LogP contribution in [0.5, 0.6) is 0 Å². The van der Waals surface area contributed by atoms with Crippen LogP contribution < -0.4 is 10.7 Å². The Kier molecular flexibility index (Phi) is 4.37. The molecule has 0 bridgehead atoms. The maximum atomic E-state index is 12.7. The average molecular weight is 378 g/mol. The third-order valence-corrected chi connectivity index (χ3v) is 6.13. The van der Waals surface area contributed by atoms with Crippen molar-refractivity contribution in [3.05, 3.63) is 5.82 Å². The van der Waals surface area contributed by atoms with Gasteiger partial charge in [0.05, 0.1) is 5.75 Å². The van der Waals surface area contributed by atoms with Crippen LogP contribution in [-0.4, -0.2) is 48.9 Å². The van der Waals surface area contributed by atoms with Gasteiger partial charge in [-0.3, -0.25) is 15.0 Å². The summed E-state index contributed by atoms with van der Waals surface area (Å²) < 4.78 is 2.04. The Morgan fingerprint density at radius 2 is 2.00 bits per heavy atom. The van der Waals surface area contributed by atoms with E-state index >= 15 is 0 Å². The van der Waals surface area contributed by atoms with Gasteiger partial charge in [0.1, 0.15) is 11.4 Å². The lowest BCUT2D eigenvalue weighted by atomic mass is 9.82. The number of nitrogens with one attached hydrogen (secondary N) is 2. The Hall–Kier alpha value is -2.10. The number of carbonyl (C=O) groups is 3. The van der Waals surface area contributed by atoms with Crippen LogP contribution in [0, 0.1) is 6.92 Å². The Bertz CT molecular complexity index is 753. The molecule has 2 aliphatic carbocycles. The molecule has 9 nitrogen and oxygen atoms in total. The average Bonchev–Trinajstić information content (AvgIpc) is 3.36. The predicted octanol–water partition coefficient (Wildman–Crippen LogP) is 1.30. The number of amides is 4. The van der Waals surface area contributed by atoms with Crippen molar-refractivity contribution in [2.24, 2.45) is 0 Å². The molecule has 1 aliphatic heterocycles. The number of hydrogen-bond donors (Lipinski definition) is 2. The molecule has 0 aromatic carbocycles. The molecule has 0 radical (unpaired) electrons. The third kappa shape index (κ3) is 3.06. The minimum absolute atomic E-state index is 0.0644. The molecule has 4 amide bonds. The van der Waals surface area contributed by atoms with E-state index < -0.39 is 17.5 Å². The van der Waals surface area contributed by atoms with Gasteiger partial charge >= 0.3 is 6.03 Å². The second kappa shape index (κ2) is 6.57. The lowest BCUT2D eigenvalue weighted by Gasteiger charge is -2.30. The fourth-order valence-corrected chi connectivity index (χ4v) is 4.55. The number of thioether (sulfide) groups is 1. The van der Waals surface area contributed by atoms with Gasteiger partial charge < -0.3 is 9.88 Å². The summed E-state index contributed by atoms with van der Waals surface area (Å²) in [5.74, 6) is 0.144. The Morgan fingerprint density at radius 1 is 1.27 bits per heavy atom. The van der Waals surface area contributed by atoms with E-state index in [2.05, 4.69) is 20.9 Å². The molecule has 3 fully saturated rings. The highest BCUT2D eigenvalue weighted by Gasteiger charge is 2.52. The molecule has 26 heavy (non-hydrogen) atoms. The summed E-state index contributed by atoms with van der Waals surface area (Å²) in [4.78, 5) is 37.1.